The molecule has 8 nitrogen and oxygen atoms in total. The van der Waals surface area contributed by atoms with Gasteiger partial charge in [-0.2, -0.15) is 0 Å². The molecule has 4 rings (SSSR count). The van der Waals surface area contributed by atoms with Crippen molar-refractivity contribution in [2.24, 2.45) is 0 Å². The summed E-state index contributed by atoms with van der Waals surface area (Å²) in [4.78, 5) is 25.3. The fraction of sp³-hybridized carbons (Fsp3) is 0.278. The van der Waals surface area contributed by atoms with Crippen molar-refractivity contribution in [1.82, 2.24) is 0 Å². The summed E-state index contributed by atoms with van der Waals surface area (Å²) in [7, 11) is 0. The summed E-state index contributed by atoms with van der Waals surface area (Å²) in [5, 5.41) is 0. The first-order valence-electron chi connectivity index (χ1n) is 14.7. The van der Waals surface area contributed by atoms with Gasteiger partial charge in [0.25, 0.3) is 0 Å². The Morgan fingerprint density at radius 1 is 0.409 bits per heavy atom. The van der Waals surface area contributed by atoms with Crippen molar-refractivity contribution in [3.8, 4) is 23.0 Å². The minimum Gasteiger partial charge on any atom is -0.490 e. The largest absolute Gasteiger partial charge is 0.490 e. The van der Waals surface area contributed by atoms with Crippen molar-refractivity contribution in [2.45, 2.75) is 37.9 Å². The van der Waals surface area contributed by atoms with Crippen molar-refractivity contribution in [3.05, 3.63) is 121 Å². The number of rotatable bonds is 19. The number of para-hydroxylation sites is 4. The van der Waals surface area contributed by atoms with Crippen LogP contribution in [0.1, 0.15) is 25.7 Å². The van der Waals surface area contributed by atoms with Gasteiger partial charge in [-0.1, -0.05) is 72.8 Å². The SMILES string of the molecule is O=C(CCCCC(=O)OC(COc1ccccc1)COc1ccccc1)OC(COc1ccccc1)COc1ccccc1. The van der Waals surface area contributed by atoms with E-state index in [1.54, 1.807) is 0 Å². The second-order valence-electron chi connectivity index (χ2n) is 9.93. The Balaban J connectivity index is 1.20. The summed E-state index contributed by atoms with van der Waals surface area (Å²) in [6, 6.07) is 37.3. The lowest BCUT2D eigenvalue weighted by molar-refractivity contribution is -0.154. The summed E-state index contributed by atoms with van der Waals surface area (Å²) in [6.45, 7) is 0.581. The smallest absolute Gasteiger partial charge is 0.306 e. The van der Waals surface area contributed by atoms with Gasteiger partial charge in [-0.25, -0.2) is 0 Å². The van der Waals surface area contributed by atoms with Crippen molar-refractivity contribution < 1.29 is 38.0 Å². The van der Waals surface area contributed by atoms with E-state index in [-0.39, 0.29) is 51.2 Å². The standard InChI is InChI=1S/C36H38O8/c37-35(43-33(25-39-29-15-5-1-6-16-29)26-40-30-17-7-2-8-18-30)23-13-14-24-36(38)44-34(27-41-31-19-9-3-10-20-31)28-42-32-21-11-4-12-22-32/h1-12,15-22,33-34H,13-14,23-28H2. The third kappa shape index (κ3) is 12.5. The topological polar surface area (TPSA) is 89.5 Å². The molecule has 0 fully saturated rings. The van der Waals surface area contributed by atoms with Crippen LogP contribution in [0.3, 0.4) is 0 Å². The fourth-order valence-corrected chi connectivity index (χ4v) is 4.08. The molecule has 0 aliphatic heterocycles. The lowest BCUT2D eigenvalue weighted by Crippen LogP contribution is -2.31. The number of benzene rings is 4. The molecule has 0 saturated carbocycles. The van der Waals surface area contributed by atoms with Crippen molar-refractivity contribution in [2.75, 3.05) is 26.4 Å². The van der Waals surface area contributed by atoms with Crippen LogP contribution in [0.2, 0.25) is 0 Å². The maximum Gasteiger partial charge on any atom is 0.306 e. The zero-order valence-corrected chi connectivity index (χ0v) is 24.6. The molecule has 0 amide bonds. The molecule has 8 heteroatoms. The normalized spacial score (nSPS) is 10.7. The molecule has 0 heterocycles. The van der Waals surface area contributed by atoms with E-state index in [9.17, 15) is 9.59 Å². The highest BCUT2D eigenvalue weighted by Crippen LogP contribution is 2.15. The summed E-state index contributed by atoms with van der Waals surface area (Å²) < 4.78 is 34.6. The first kappa shape index (κ1) is 31.9. The van der Waals surface area contributed by atoms with E-state index in [2.05, 4.69) is 0 Å². The lowest BCUT2D eigenvalue weighted by atomic mass is 10.2. The van der Waals surface area contributed by atoms with Crippen LogP contribution in [0, 0.1) is 0 Å². The molecule has 0 radical (unpaired) electrons. The fourth-order valence-electron chi connectivity index (χ4n) is 4.08. The molecular formula is C36H38O8. The van der Waals surface area contributed by atoms with E-state index in [1.165, 1.54) is 0 Å². The lowest BCUT2D eigenvalue weighted by Gasteiger charge is -2.20. The molecule has 0 spiro atoms. The summed E-state index contributed by atoms with van der Waals surface area (Å²) >= 11 is 0. The number of hydrogen-bond donors (Lipinski definition) is 0. The van der Waals surface area contributed by atoms with Gasteiger partial charge in [0.05, 0.1) is 0 Å². The summed E-state index contributed by atoms with van der Waals surface area (Å²) in [5.74, 6) is 1.92. The van der Waals surface area contributed by atoms with Gasteiger partial charge in [-0.3, -0.25) is 9.59 Å². The molecule has 0 aliphatic rings. The third-order valence-electron chi connectivity index (χ3n) is 6.32. The molecule has 0 saturated heterocycles. The molecule has 0 aromatic heterocycles. The van der Waals surface area contributed by atoms with Gasteiger partial charge in [0, 0.05) is 12.8 Å². The second-order valence-corrected chi connectivity index (χ2v) is 9.93. The number of esters is 2. The monoisotopic (exact) mass is 598 g/mol. The predicted molar refractivity (Wildman–Crippen MR) is 166 cm³/mol. The van der Waals surface area contributed by atoms with E-state index < -0.39 is 12.2 Å². The van der Waals surface area contributed by atoms with Crippen LogP contribution >= 0.6 is 0 Å². The Hall–Kier alpha value is -4.98. The van der Waals surface area contributed by atoms with Gasteiger partial charge in [-0.05, 0) is 61.4 Å². The van der Waals surface area contributed by atoms with Crippen molar-refractivity contribution in [3.63, 3.8) is 0 Å². The third-order valence-corrected chi connectivity index (χ3v) is 6.32. The van der Waals surface area contributed by atoms with Gasteiger partial charge in [-0.15, -0.1) is 0 Å². The molecule has 4 aromatic carbocycles. The average molecular weight is 599 g/mol. The minimum absolute atomic E-state index is 0.145. The highest BCUT2D eigenvalue weighted by atomic mass is 16.6. The van der Waals surface area contributed by atoms with Gasteiger partial charge < -0.3 is 28.4 Å². The van der Waals surface area contributed by atoms with Crippen molar-refractivity contribution >= 4 is 11.9 Å². The average Bonchev–Trinajstić information content (AvgIpc) is 3.07. The first-order valence-corrected chi connectivity index (χ1v) is 14.7. The highest BCUT2D eigenvalue weighted by molar-refractivity contribution is 5.71. The van der Waals surface area contributed by atoms with Crippen LogP contribution in [0.4, 0.5) is 0 Å². The van der Waals surface area contributed by atoms with Crippen LogP contribution in [0.15, 0.2) is 121 Å². The molecule has 0 N–H and O–H groups in total. The molecule has 44 heavy (non-hydrogen) atoms. The molecule has 0 unspecified atom stereocenters. The Morgan fingerprint density at radius 2 is 0.659 bits per heavy atom. The zero-order valence-electron chi connectivity index (χ0n) is 24.6. The van der Waals surface area contributed by atoms with E-state index in [0.717, 1.165) is 0 Å². The summed E-state index contributed by atoms with van der Waals surface area (Å²) in [6.07, 6.45) is 0.0124. The Bertz CT molecular complexity index is 1160. The number of carbonyl (C=O) groups is 2. The van der Waals surface area contributed by atoms with Crippen molar-refractivity contribution in [1.29, 1.82) is 0 Å². The second kappa shape index (κ2) is 18.5. The van der Waals surface area contributed by atoms with E-state index >= 15 is 0 Å². The molecule has 230 valence electrons. The Morgan fingerprint density at radius 3 is 0.909 bits per heavy atom. The van der Waals surface area contributed by atoms with Gasteiger partial charge in [0.1, 0.15) is 49.4 Å². The molecule has 0 aliphatic carbocycles. The molecule has 0 bridgehead atoms. The van der Waals surface area contributed by atoms with Crippen LogP contribution in [0.25, 0.3) is 0 Å². The van der Waals surface area contributed by atoms with E-state index in [0.29, 0.717) is 35.8 Å². The zero-order chi connectivity index (χ0) is 30.7. The van der Waals surface area contributed by atoms with Gasteiger partial charge in [0.15, 0.2) is 12.2 Å². The Labute approximate surface area is 258 Å². The number of carbonyl (C=O) groups excluding carboxylic acids is 2. The van der Waals surface area contributed by atoms with Crippen LogP contribution < -0.4 is 18.9 Å². The van der Waals surface area contributed by atoms with E-state index in [1.807, 2.05) is 121 Å². The molecule has 0 atom stereocenters. The van der Waals surface area contributed by atoms with Crippen LogP contribution in [0.5, 0.6) is 23.0 Å². The maximum absolute atomic E-state index is 12.7. The maximum atomic E-state index is 12.7. The van der Waals surface area contributed by atoms with Gasteiger partial charge in [0.2, 0.25) is 0 Å². The highest BCUT2D eigenvalue weighted by Gasteiger charge is 2.19. The molecular weight excluding hydrogens is 560 g/mol. The quantitative estimate of drug-likeness (QED) is 0.0872. The van der Waals surface area contributed by atoms with Crippen LogP contribution in [-0.4, -0.2) is 50.6 Å². The first-order chi connectivity index (χ1) is 21.6. The van der Waals surface area contributed by atoms with E-state index in [4.69, 9.17) is 28.4 Å². The molecule has 4 aromatic rings. The van der Waals surface area contributed by atoms with Crippen LogP contribution in [-0.2, 0) is 19.1 Å². The minimum atomic E-state index is -0.608. The predicted octanol–water partition coefficient (Wildman–Crippen LogP) is 6.69. The number of hydrogen-bond acceptors (Lipinski definition) is 8. The number of unbranched alkanes of at least 4 members (excludes halogenated alkanes) is 1. The Kier molecular flexibility index (Phi) is 13.5. The summed E-state index contributed by atoms with van der Waals surface area (Å²) in [5.41, 5.74) is 0. The number of ether oxygens (including phenoxy) is 6. The van der Waals surface area contributed by atoms with Gasteiger partial charge >= 0.3 is 11.9 Å².